The Kier molecular flexibility index (Phi) is 5.66. The van der Waals surface area contributed by atoms with E-state index in [1.165, 1.54) is 29.2 Å². The second kappa shape index (κ2) is 8.42. The molecule has 0 N–H and O–H groups in total. The number of hydrogen-bond acceptors (Lipinski definition) is 6. The Bertz CT molecular complexity index is 1350. The molecule has 0 atom stereocenters. The SMILES string of the molecule is Cc1cc(C)n(CCN(C(=O)c2cccc([N+](=O)[O-])c2)c2nc3c(F)cc(F)cc3s2)n1. The van der Waals surface area contributed by atoms with Crippen LogP contribution in [0.4, 0.5) is 19.6 Å². The standard InChI is InChI=1S/C21H17F2N5O3S/c1-12-8-13(2)27(25-12)7-6-26(20(29)14-4-3-5-16(9-14)28(30)31)21-24-19-17(23)10-15(22)11-18(19)32-21/h3-5,8-11H,6-7H2,1-2H3. The highest BCUT2D eigenvalue weighted by Gasteiger charge is 2.24. The minimum absolute atomic E-state index is 0.0469. The van der Waals surface area contributed by atoms with E-state index >= 15 is 0 Å². The van der Waals surface area contributed by atoms with Crippen molar-refractivity contribution in [3.05, 3.63) is 81.2 Å². The van der Waals surface area contributed by atoms with Gasteiger partial charge in [-0.25, -0.2) is 13.8 Å². The highest BCUT2D eigenvalue weighted by molar-refractivity contribution is 7.22. The Morgan fingerprint density at radius 2 is 2.00 bits per heavy atom. The number of benzene rings is 2. The molecular formula is C21H17F2N5O3S. The van der Waals surface area contributed by atoms with Crippen LogP contribution in [0.2, 0.25) is 0 Å². The van der Waals surface area contributed by atoms with Crippen LogP contribution in [0.1, 0.15) is 21.7 Å². The fourth-order valence-electron chi connectivity index (χ4n) is 3.35. The lowest BCUT2D eigenvalue weighted by molar-refractivity contribution is -0.384. The van der Waals surface area contributed by atoms with E-state index in [9.17, 15) is 23.7 Å². The number of hydrogen-bond donors (Lipinski definition) is 0. The van der Waals surface area contributed by atoms with Crippen molar-refractivity contribution in [1.82, 2.24) is 14.8 Å². The van der Waals surface area contributed by atoms with Crippen LogP contribution in [0.5, 0.6) is 0 Å². The first kappa shape index (κ1) is 21.5. The van der Waals surface area contributed by atoms with E-state index in [4.69, 9.17) is 0 Å². The number of halogens is 2. The summed E-state index contributed by atoms with van der Waals surface area (Å²) in [5.74, 6) is -2.12. The Morgan fingerprint density at radius 3 is 2.69 bits per heavy atom. The number of non-ortho nitro benzene ring substituents is 1. The van der Waals surface area contributed by atoms with Gasteiger partial charge in [0.1, 0.15) is 11.3 Å². The fourth-order valence-corrected chi connectivity index (χ4v) is 4.38. The first-order valence-electron chi connectivity index (χ1n) is 9.56. The lowest BCUT2D eigenvalue weighted by atomic mass is 10.2. The van der Waals surface area contributed by atoms with Gasteiger partial charge in [0.15, 0.2) is 10.9 Å². The number of carbonyl (C=O) groups excluding carboxylic acids is 1. The van der Waals surface area contributed by atoms with Crippen molar-refractivity contribution in [2.24, 2.45) is 0 Å². The van der Waals surface area contributed by atoms with E-state index in [1.807, 2.05) is 19.9 Å². The minimum Gasteiger partial charge on any atom is -0.282 e. The maximum Gasteiger partial charge on any atom is 0.270 e. The molecule has 11 heteroatoms. The third kappa shape index (κ3) is 4.19. The molecule has 0 radical (unpaired) electrons. The fraction of sp³-hybridized carbons (Fsp3) is 0.190. The molecule has 8 nitrogen and oxygen atoms in total. The molecule has 0 aliphatic heterocycles. The second-order valence-corrected chi connectivity index (χ2v) is 8.15. The minimum atomic E-state index is -0.830. The second-order valence-electron chi connectivity index (χ2n) is 7.15. The van der Waals surface area contributed by atoms with E-state index in [0.29, 0.717) is 6.54 Å². The molecule has 0 fully saturated rings. The van der Waals surface area contributed by atoms with Crippen LogP contribution >= 0.6 is 11.3 Å². The predicted molar refractivity (Wildman–Crippen MR) is 116 cm³/mol. The largest absolute Gasteiger partial charge is 0.282 e. The number of amides is 1. The van der Waals surface area contributed by atoms with Gasteiger partial charge in [-0.05, 0) is 32.0 Å². The quantitative estimate of drug-likeness (QED) is 0.311. The summed E-state index contributed by atoms with van der Waals surface area (Å²) in [5, 5.41) is 15.7. The predicted octanol–water partition coefficient (Wildman–Crippen LogP) is 4.64. The molecule has 0 saturated carbocycles. The molecule has 4 aromatic rings. The molecule has 0 unspecified atom stereocenters. The molecule has 0 aliphatic rings. The monoisotopic (exact) mass is 457 g/mol. The number of fused-ring (bicyclic) bond motifs is 1. The van der Waals surface area contributed by atoms with E-state index in [2.05, 4.69) is 10.1 Å². The third-order valence-corrected chi connectivity index (χ3v) is 5.85. The summed E-state index contributed by atoms with van der Waals surface area (Å²) in [7, 11) is 0. The van der Waals surface area contributed by atoms with E-state index in [0.717, 1.165) is 34.9 Å². The third-order valence-electron chi connectivity index (χ3n) is 4.82. The average molecular weight is 457 g/mol. The van der Waals surface area contributed by atoms with Crippen molar-refractivity contribution in [2.75, 3.05) is 11.4 Å². The van der Waals surface area contributed by atoms with E-state index in [1.54, 1.807) is 4.68 Å². The van der Waals surface area contributed by atoms with Gasteiger partial charge in [-0.15, -0.1) is 0 Å². The molecule has 0 spiro atoms. The number of anilines is 1. The smallest absolute Gasteiger partial charge is 0.270 e. The zero-order valence-corrected chi connectivity index (χ0v) is 17.9. The van der Waals surface area contributed by atoms with Crippen molar-refractivity contribution in [2.45, 2.75) is 20.4 Å². The van der Waals surface area contributed by atoms with Crippen molar-refractivity contribution >= 4 is 38.3 Å². The maximum absolute atomic E-state index is 14.2. The van der Waals surface area contributed by atoms with Crippen LogP contribution in [0.15, 0.2) is 42.5 Å². The lowest BCUT2D eigenvalue weighted by Crippen LogP contribution is -2.34. The van der Waals surface area contributed by atoms with Gasteiger partial charge in [-0.2, -0.15) is 5.10 Å². The molecular weight excluding hydrogens is 440 g/mol. The van der Waals surface area contributed by atoms with Gasteiger partial charge >= 0.3 is 0 Å². The molecule has 0 saturated heterocycles. The average Bonchev–Trinajstić information content (AvgIpc) is 3.30. The number of nitro groups is 1. The summed E-state index contributed by atoms with van der Waals surface area (Å²) < 4.78 is 29.8. The van der Waals surface area contributed by atoms with E-state index in [-0.39, 0.29) is 33.1 Å². The number of rotatable bonds is 6. The molecule has 1 amide bonds. The molecule has 4 rings (SSSR count). The molecule has 0 aliphatic carbocycles. The highest BCUT2D eigenvalue weighted by Crippen LogP contribution is 2.32. The highest BCUT2D eigenvalue weighted by atomic mass is 32.1. The molecule has 0 bridgehead atoms. The summed E-state index contributed by atoms with van der Waals surface area (Å²) in [4.78, 5) is 29.4. The number of nitrogens with zero attached hydrogens (tertiary/aromatic N) is 5. The lowest BCUT2D eigenvalue weighted by Gasteiger charge is -2.20. The van der Waals surface area contributed by atoms with Crippen LogP contribution < -0.4 is 4.90 Å². The first-order valence-corrected chi connectivity index (χ1v) is 10.4. The number of aryl methyl sites for hydroxylation is 2. The van der Waals surface area contributed by atoms with Gasteiger partial charge in [0.2, 0.25) is 0 Å². The van der Waals surface area contributed by atoms with Gasteiger partial charge in [-0.3, -0.25) is 24.5 Å². The van der Waals surface area contributed by atoms with Crippen LogP contribution in [0, 0.1) is 35.6 Å². The van der Waals surface area contributed by atoms with Crippen molar-refractivity contribution in [3.63, 3.8) is 0 Å². The van der Waals surface area contributed by atoms with Crippen LogP contribution in [-0.2, 0) is 6.54 Å². The molecule has 164 valence electrons. The van der Waals surface area contributed by atoms with Gasteiger partial charge in [0.05, 0.1) is 21.9 Å². The zero-order valence-electron chi connectivity index (χ0n) is 17.1. The van der Waals surface area contributed by atoms with Crippen LogP contribution in [0.25, 0.3) is 10.2 Å². The number of carbonyl (C=O) groups is 1. The Labute approximate surface area is 184 Å². The Balaban J connectivity index is 1.75. The van der Waals surface area contributed by atoms with E-state index < -0.39 is 22.5 Å². The molecule has 2 heterocycles. The molecule has 2 aromatic heterocycles. The summed E-state index contributed by atoms with van der Waals surface area (Å²) in [5.41, 5.74) is 1.51. The Hall–Kier alpha value is -3.73. The summed E-state index contributed by atoms with van der Waals surface area (Å²) in [6, 6.07) is 9.10. The van der Waals surface area contributed by atoms with Gasteiger partial charge in [-0.1, -0.05) is 17.4 Å². The normalized spacial score (nSPS) is 11.1. The van der Waals surface area contributed by atoms with Gasteiger partial charge in [0, 0.05) is 36.0 Å². The molecule has 2 aromatic carbocycles. The Morgan fingerprint density at radius 1 is 1.22 bits per heavy atom. The van der Waals surface area contributed by atoms with Crippen LogP contribution in [-0.4, -0.2) is 32.1 Å². The maximum atomic E-state index is 14.2. The molecule has 32 heavy (non-hydrogen) atoms. The zero-order chi connectivity index (χ0) is 23.0. The number of nitro benzene ring substituents is 1. The number of aromatic nitrogens is 3. The van der Waals surface area contributed by atoms with Crippen molar-refractivity contribution in [1.29, 1.82) is 0 Å². The van der Waals surface area contributed by atoms with Crippen LogP contribution in [0.3, 0.4) is 0 Å². The number of thiazole rings is 1. The van der Waals surface area contributed by atoms with Gasteiger partial charge in [0.25, 0.3) is 11.6 Å². The summed E-state index contributed by atoms with van der Waals surface area (Å²) >= 11 is 0.962. The first-order chi connectivity index (χ1) is 15.2. The summed E-state index contributed by atoms with van der Waals surface area (Å²) in [6.45, 7) is 4.16. The van der Waals surface area contributed by atoms with Crippen molar-refractivity contribution < 1.29 is 18.5 Å². The van der Waals surface area contributed by atoms with Crippen molar-refractivity contribution in [3.8, 4) is 0 Å². The topological polar surface area (TPSA) is 94.2 Å². The van der Waals surface area contributed by atoms with Gasteiger partial charge < -0.3 is 0 Å². The summed E-state index contributed by atoms with van der Waals surface area (Å²) in [6.07, 6.45) is 0.